The quantitative estimate of drug-likeness (QED) is 0.801. The van der Waals surface area contributed by atoms with E-state index in [0.717, 1.165) is 24.3 Å². The summed E-state index contributed by atoms with van der Waals surface area (Å²) in [6, 6.07) is 4.90. The van der Waals surface area contributed by atoms with Crippen LogP contribution in [0.2, 0.25) is 5.02 Å². The minimum absolute atomic E-state index is 0.107. The standard InChI is InChI=1S/C15H9ClF5NO2/c16-10-3-1-8(15(19,20)21)5-12(10)22-14(23)7-24-13-4-2-9(17)6-11(13)18/h1-6H,7H2,(H,22,23). The smallest absolute Gasteiger partial charge is 0.416 e. The first-order chi connectivity index (χ1) is 11.2. The third kappa shape index (κ3) is 4.58. The number of rotatable bonds is 4. The number of nitrogens with one attached hydrogen (secondary N) is 1. The maximum absolute atomic E-state index is 13.3. The van der Waals surface area contributed by atoms with Crippen LogP contribution in [0.3, 0.4) is 0 Å². The molecular weight excluding hydrogens is 357 g/mol. The number of alkyl halides is 3. The minimum Gasteiger partial charge on any atom is -0.481 e. The predicted molar refractivity (Wildman–Crippen MR) is 76.9 cm³/mol. The number of halogens is 6. The molecule has 2 aromatic rings. The minimum atomic E-state index is -4.60. The summed E-state index contributed by atoms with van der Waals surface area (Å²) in [5.74, 6) is -3.07. The first kappa shape index (κ1) is 18.0. The second-order valence-electron chi connectivity index (χ2n) is 4.60. The van der Waals surface area contributed by atoms with Gasteiger partial charge in [0.15, 0.2) is 18.2 Å². The number of benzene rings is 2. The van der Waals surface area contributed by atoms with Crippen LogP contribution >= 0.6 is 11.6 Å². The number of amides is 1. The second-order valence-corrected chi connectivity index (χ2v) is 5.01. The van der Waals surface area contributed by atoms with Crippen molar-refractivity contribution in [3.05, 3.63) is 58.6 Å². The van der Waals surface area contributed by atoms with Gasteiger partial charge in [0.2, 0.25) is 0 Å². The van der Waals surface area contributed by atoms with Crippen molar-refractivity contribution in [1.82, 2.24) is 0 Å². The molecule has 0 saturated heterocycles. The zero-order valence-corrected chi connectivity index (χ0v) is 12.5. The predicted octanol–water partition coefficient (Wildman–Crippen LogP) is 4.65. The first-order valence-electron chi connectivity index (χ1n) is 6.41. The van der Waals surface area contributed by atoms with Crippen molar-refractivity contribution in [2.24, 2.45) is 0 Å². The van der Waals surface area contributed by atoms with E-state index < -0.39 is 35.9 Å². The number of hydrogen-bond acceptors (Lipinski definition) is 2. The molecule has 0 aliphatic heterocycles. The van der Waals surface area contributed by atoms with Crippen LogP contribution < -0.4 is 10.1 Å². The van der Waals surface area contributed by atoms with Gasteiger partial charge in [0.1, 0.15) is 5.82 Å². The van der Waals surface area contributed by atoms with E-state index >= 15 is 0 Å². The zero-order chi connectivity index (χ0) is 17.9. The van der Waals surface area contributed by atoms with Gasteiger partial charge in [0, 0.05) is 6.07 Å². The Bertz CT molecular complexity index is 764. The summed E-state index contributed by atoms with van der Waals surface area (Å²) in [5, 5.41) is 2.02. The van der Waals surface area contributed by atoms with Crippen LogP contribution in [-0.4, -0.2) is 12.5 Å². The van der Waals surface area contributed by atoms with Crippen molar-refractivity contribution in [2.45, 2.75) is 6.18 Å². The van der Waals surface area contributed by atoms with Crippen LogP contribution in [0.5, 0.6) is 5.75 Å². The molecule has 0 aliphatic carbocycles. The van der Waals surface area contributed by atoms with Crippen molar-refractivity contribution < 1.29 is 31.5 Å². The largest absolute Gasteiger partial charge is 0.481 e. The van der Waals surface area contributed by atoms with E-state index in [2.05, 4.69) is 5.32 Å². The van der Waals surface area contributed by atoms with Gasteiger partial charge in [0.05, 0.1) is 16.3 Å². The Labute approximate surface area is 138 Å². The second kappa shape index (κ2) is 7.04. The maximum atomic E-state index is 13.3. The molecule has 0 unspecified atom stereocenters. The lowest BCUT2D eigenvalue weighted by atomic mass is 10.2. The van der Waals surface area contributed by atoms with Gasteiger partial charge in [-0.2, -0.15) is 13.2 Å². The summed E-state index contributed by atoms with van der Waals surface area (Å²) in [6.07, 6.45) is -4.60. The van der Waals surface area contributed by atoms with Crippen LogP contribution in [0.15, 0.2) is 36.4 Å². The van der Waals surface area contributed by atoms with Gasteiger partial charge in [-0.15, -0.1) is 0 Å². The third-order valence-corrected chi connectivity index (χ3v) is 3.15. The molecule has 2 aromatic carbocycles. The van der Waals surface area contributed by atoms with Gasteiger partial charge < -0.3 is 10.1 Å². The first-order valence-corrected chi connectivity index (χ1v) is 6.79. The SMILES string of the molecule is O=C(COc1ccc(F)cc1F)Nc1cc(C(F)(F)F)ccc1Cl. The summed E-state index contributed by atoms with van der Waals surface area (Å²) < 4.78 is 68.8. The average molecular weight is 366 g/mol. The van der Waals surface area contributed by atoms with Gasteiger partial charge >= 0.3 is 6.18 Å². The van der Waals surface area contributed by atoms with Crippen molar-refractivity contribution in [3.8, 4) is 5.75 Å². The highest BCUT2D eigenvalue weighted by atomic mass is 35.5. The number of hydrogen-bond donors (Lipinski definition) is 1. The average Bonchev–Trinajstić information content (AvgIpc) is 2.47. The van der Waals surface area contributed by atoms with E-state index in [1.807, 2.05) is 0 Å². The molecule has 0 spiro atoms. The normalized spacial score (nSPS) is 11.2. The molecule has 2 rings (SSSR count). The molecule has 3 nitrogen and oxygen atoms in total. The van der Waals surface area contributed by atoms with Crippen molar-refractivity contribution >= 4 is 23.2 Å². The van der Waals surface area contributed by atoms with E-state index in [-0.39, 0.29) is 16.5 Å². The fourth-order valence-corrected chi connectivity index (χ4v) is 1.88. The Balaban J connectivity index is 2.04. The lowest BCUT2D eigenvalue weighted by Crippen LogP contribution is -2.21. The van der Waals surface area contributed by atoms with Gasteiger partial charge in [-0.1, -0.05) is 11.6 Å². The Morgan fingerprint density at radius 3 is 2.46 bits per heavy atom. The van der Waals surface area contributed by atoms with Crippen molar-refractivity contribution in [2.75, 3.05) is 11.9 Å². The van der Waals surface area contributed by atoms with Crippen LogP contribution in [0.1, 0.15) is 5.56 Å². The molecule has 0 aliphatic rings. The highest BCUT2D eigenvalue weighted by Crippen LogP contribution is 2.33. The summed E-state index contributed by atoms with van der Waals surface area (Å²) in [7, 11) is 0. The summed E-state index contributed by atoms with van der Waals surface area (Å²) in [6.45, 7) is -0.699. The molecule has 1 amide bonds. The molecule has 0 heterocycles. The van der Waals surface area contributed by atoms with E-state index in [1.54, 1.807) is 0 Å². The van der Waals surface area contributed by atoms with E-state index in [4.69, 9.17) is 16.3 Å². The lowest BCUT2D eigenvalue weighted by Gasteiger charge is -2.12. The summed E-state index contributed by atoms with van der Waals surface area (Å²) in [4.78, 5) is 11.7. The number of anilines is 1. The maximum Gasteiger partial charge on any atom is 0.416 e. The molecule has 0 fully saturated rings. The molecule has 0 aromatic heterocycles. The van der Waals surface area contributed by atoms with Crippen LogP contribution in [0.25, 0.3) is 0 Å². The Hall–Kier alpha value is -2.35. The number of carbonyl (C=O) groups is 1. The van der Waals surface area contributed by atoms with Crippen LogP contribution in [0, 0.1) is 11.6 Å². The zero-order valence-electron chi connectivity index (χ0n) is 11.8. The molecule has 9 heteroatoms. The Morgan fingerprint density at radius 1 is 1.12 bits per heavy atom. The van der Waals surface area contributed by atoms with E-state index in [9.17, 15) is 26.7 Å². The fourth-order valence-electron chi connectivity index (χ4n) is 1.72. The molecule has 128 valence electrons. The summed E-state index contributed by atoms with van der Waals surface area (Å²) in [5.41, 5.74) is -1.26. The Kier molecular flexibility index (Phi) is 5.28. The van der Waals surface area contributed by atoms with Crippen LogP contribution in [-0.2, 0) is 11.0 Å². The van der Waals surface area contributed by atoms with Gasteiger partial charge in [-0.05, 0) is 30.3 Å². The number of ether oxygens (including phenoxy) is 1. The Morgan fingerprint density at radius 2 is 1.83 bits per heavy atom. The molecule has 0 saturated carbocycles. The highest BCUT2D eigenvalue weighted by Gasteiger charge is 2.31. The van der Waals surface area contributed by atoms with E-state index in [1.165, 1.54) is 0 Å². The molecule has 1 N–H and O–H groups in total. The van der Waals surface area contributed by atoms with E-state index in [0.29, 0.717) is 12.1 Å². The molecule has 0 atom stereocenters. The van der Waals surface area contributed by atoms with Gasteiger partial charge in [0.25, 0.3) is 5.91 Å². The third-order valence-electron chi connectivity index (χ3n) is 2.82. The van der Waals surface area contributed by atoms with Gasteiger partial charge in [-0.3, -0.25) is 4.79 Å². The lowest BCUT2D eigenvalue weighted by molar-refractivity contribution is -0.137. The molecular formula is C15H9ClF5NO2. The fraction of sp³-hybridized carbons (Fsp3) is 0.133. The summed E-state index contributed by atoms with van der Waals surface area (Å²) >= 11 is 5.73. The van der Waals surface area contributed by atoms with Crippen LogP contribution in [0.4, 0.5) is 27.6 Å². The highest BCUT2D eigenvalue weighted by molar-refractivity contribution is 6.33. The molecule has 0 bridgehead atoms. The van der Waals surface area contributed by atoms with Crippen molar-refractivity contribution in [3.63, 3.8) is 0 Å². The molecule has 0 radical (unpaired) electrons. The van der Waals surface area contributed by atoms with Crippen molar-refractivity contribution in [1.29, 1.82) is 0 Å². The molecule has 24 heavy (non-hydrogen) atoms. The monoisotopic (exact) mass is 365 g/mol. The topological polar surface area (TPSA) is 38.3 Å². The van der Waals surface area contributed by atoms with Gasteiger partial charge in [-0.25, -0.2) is 8.78 Å². The number of carbonyl (C=O) groups excluding carboxylic acids is 1.